The molecule has 2 amide bonds. The molecule has 2 aliphatic rings. The molecule has 0 saturated heterocycles. The number of carbonyl (C=O) groups excluding carboxylic acids is 4. The number of carbonyl (C=O) groups is 4. The Morgan fingerprint density at radius 2 is 1.64 bits per heavy atom. The molecule has 10 heteroatoms. The summed E-state index contributed by atoms with van der Waals surface area (Å²) in [5.41, 5.74) is 4.40. The highest BCUT2D eigenvalue weighted by Gasteiger charge is 2.33. The molecule has 39 heavy (non-hydrogen) atoms. The Bertz CT molecular complexity index is 1300. The first-order chi connectivity index (χ1) is 18.9. The molecule has 2 aromatic carbocycles. The van der Waals surface area contributed by atoms with Gasteiger partial charge in [-0.25, -0.2) is 9.59 Å². The van der Waals surface area contributed by atoms with Crippen molar-refractivity contribution in [3.8, 4) is 11.5 Å². The Morgan fingerprint density at radius 1 is 0.923 bits per heavy atom. The molecule has 1 unspecified atom stereocenters. The van der Waals surface area contributed by atoms with Crippen molar-refractivity contribution < 1.29 is 38.1 Å². The normalized spacial score (nSPS) is 14.9. The van der Waals surface area contributed by atoms with Gasteiger partial charge in [-0.1, -0.05) is 30.3 Å². The Kier molecular flexibility index (Phi) is 8.85. The van der Waals surface area contributed by atoms with Crippen LogP contribution in [0, 0.1) is 0 Å². The van der Waals surface area contributed by atoms with Crippen LogP contribution >= 0.6 is 0 Å². The van der Waals surface area contributed by atoms with Gasteiger partial charge >= 0.3 is 12.1 Å². The van der Waals surface area contributed by atoms with Crippen LogP contribution in [0.5, 0.6) is 11.5 Å². The number of Topliss-reactive ketones (excluding diaryl/α,β-unsaturated/α-hetero) is 1. The summed E-state index contributed by atoms with van der Waals surface area (Å²) in [6.45, 7) is -0.248. The average Bonchev–Trinajstić information content (AvgIpc) is 3.40. The summed E-state index contributed by atoms with van der Waals surface area (Å²) in [6, 6.07) is 9.59. The second-order valence-corrected chi connectivity index (χ2v) is 9.25. The fourth-order valence-electron chi connectivity index (χ4n) is 5.05. The smallest absolute Gasteiger partial charge is 0.408 e. The van der Waals surface area contributed by atoms with E-state index in [0.29, 0.717) is 18.6 Å². The number of amides is 2. The molecule has 0 aliphatic heterocycles. The molecule has 0 aromatic heterocycles. The third-order valence-corrected chi connectivity index (χ3v) is 6.91. The van der Waals surface area contributed by atoms with Crippen molar-refractivity contribution in [2.75, 3.05) is 27.9 Å². The predicted octanol–water partition coefficient (Wildman–Crippen LogP) is 3.35. The minimum Gasteiger partial charge on any atom is -0.492 e. The topological polar surface area (TPSA) is 129 Å². The number of allylic oxidation sites excluding steroid dienone is 2. The van der Waals surface area contributed by atoms with Crippen molar-refractivity contribution in [2.45, 2.75) is 44.8 Å². The maximum Gasteiger partial charge on any atom is 0.408 e. The molecule has 2 aliphatic carbocycles. The number of rotatable bonds is 9. The van der Waals surface area contributed by atoms with E-state index in [9.17, 15) is 19.2 Å². The van der Waals surface area contributed by atoms with Crippen molar-refractivity contribution in [1.29, 1.82) is 0 Å². The fraction of sp³-hybridized carbons (Fsp3) is 0.379. The van der Waals surface area contributed by atoms with Gasteiger partial charge in [0.2, 0.25) is 0 Å². The van der Waals surface area contributed by atoms with Gasteiger partial charge in [0.1, 0.15) is 12.6 Å². The first-order valence-corrected chi connectivity index (χ1v) is 12.7. The Morgan fingerprint density at radius 3 is 2.33 bits per heavy atom. The molecular formula is C29H32N2O8. The first-order valence-electron chi connectivity index (χ1n) is 12.7. The number of fused-ring (bicyclic) bond motifs is 2. The van der Waals surface area contributed by atoms with E-state index in [4.69, 9.17) is 18.9 Å². The zero-order valence-electron chi connectivity index (χ0n) is 22.3. The van der Waals surface area contributed by atoms with E-state index in [0.717, 1.165) is 47.1 Å². The molecule has 10 nitrogen and oxygen atoms in total. The van der Waals surface area contributed by atoms with E-state index < -0.39 is 24.0 Å². The third-order valence-electron chi connectivity index (χ3n) is 6.91. The van der Waals surface area contributed by atoms with E-state index in [1.807, 2.05) is 18.2 Å². The van der Waals surface area contributed by atoms with Crippen LogP contribution in [0.4, 0.5) is 4.79 Å². The molecule has 0 heterocycles. The van der Waals surface area contributed by atoms with Crippen molar-refractivity contribution in [3.63, 3.8) is 0 Å². The zero-order valence-corrected chi connectivity index (χ0v) is 22.3. The van der Waals surface area contributed by atoms with E-state index in [2.05, 4.69) is 10.6 Å². The van der Waals surface area contributed by atoms with Gasteiger partial charge in [-0.2, -0.15) is 0 Å². The molecule has 1 atom stereocenters. The fourth-order valence-corrected chi connectivity index (χ4v) is 5.05. The summed E-state index contributed by atoms with van der Waals surface area (Å²) in [6.07, 6.45) is 2.35. The number of ketones is 1. The number of hydrogen-bond donors (Lipinski definition) is 2. The van der Waals surface area contributed by atoms with Gasteiger partial charge in [-0.05, 0) is 54.0 Å². The number of alkyl carbamates (subject to hydrolysis) is 1. The molecule has 206 valence electrons. The van der Waals surface area contributed by atoms with Crippen molar-refractivity contribution in [2.24, 2.45) is 0 Å². The summed E-state index contributed by atoms with van der Waals surface area (Å²) >= 11 is 0. The van der Waals surface area contributed by atoms with Crippen LogP contribution in [0.15, 0.2) is 42.0 Å². The molecule has 0 bridgehead atoms. The van der Waals surface area contributed by atoms with Gasteiger partial charge in [0, 0.05) is 18.5 Å². The first kappa shape index (κ1) is 27.7. The van der Waals surface area contributed by atoms with E-state index in [1.54, 1.807) is 18.2 Å². The van der Waals surface area contributed by atoms with Crippen molar-refractivity contribution >= 4 is 29.3 Å². The molecule has 0 radical (unpaired) electrons. The van der Waals surface area contributed by atoms with Gasteiger partial charge in [-0.3, -0.25) is 9.59 Å². The maximum absolute atomic E-state index is 13.3. The van der Waals surface area contributed by atoms with Crippen LogP contribution in [0.3, 0.4) is 0 Å². The summed E-state index contributed by atoms with van der Waals surface area (Å²) in [7, 11) is 4.12. The molecule has 2 aromatic rings. The second-order valence-electron chi connectivity index (χ2n) is 9.25. The average molecular weight is 537 g/mol. The van der Waals surface area contributed by atoms with E-state index in [1.165, 1.54) is 21.3 Å². The van der Waals surface area contributed by atoms with Crippen LogP contribution in [0.1, 0.15) is 52.7 Å². The lowest BCUT2D eigenvalue weighted by Gasteiger charge is -2.21. The molecule has 0 fully saturated rings. The second kappa shape index (κ2) is 12.5. The Hall–Kier alpha value is -4.34. The number of aryl methyl sites for hydroxylation is 1. The highest BCUT2D eigenvalue weighted by atomic mass is 16.6. The molecule has 4 rings (SSSR count). The van der Waals surface area contributed by atoms with Crippen LogP contribution in [0.25, 0.3) is 5.57 Å². The summed E-state index contributed by atoms with van der Waals surface area (Å²) < 4.78 is 21.3. The molecule has 2 N–H and O–H groups in total. The van der Waals surface area contributed by atoms with Gasteiger partial charge in [0.05, 0.1) is 26.9 Å². The lowest BCUT2D eigenvalue weighted by molar-refractivity contribution is -0.142. The minimum atomic E-state index is -1.19. The van der Waals surface area contributed by atoms with Crippen LogP contribution in [-0.2, 0) is 32.1 Å². The van der Waals surface area contributed by atoms with Gasteiger partial charge < -0.3 is 29.6 Å². The van der Waals surface area contributed by atoms with Crippen molar-refractivity contribution in [1.82, 2.24) is 10.6 Å². The standard InChI is InChI=1S/C29H32N2O8/c1-36-25-21(14-18-12-13-23(32)19-10-7-11-20(19)24(18)26(25)37-2)27(33)30-15-22(28(34)38-3)31-29(35)39-16-17-8-5-4-6-9-17/h4-6,8-9,14,22H,7,10-13,15-16H2,1-3H3,(H,30,33)(H,31,35). The van der Waals surface area contributed by atoms with E-state index >= 15 is 0 Å². The highest BCUT2D eigenvalue weighted by Crippen LogP contribution is 2.48. The molecular weight excluding hydrogens is 504 g/mol. The SMILES string of the molecule is COC(=O)C(CNC(=O)c1cc2c(c(OC)c1OC)C1=C(CCC1)C(=O)CC2)NC(=O)OCc1ccccc1. The van der Waals surface area contributed by atoms with Crippen LogP contribution < -0.4 is 20.1 Å². The zero-order chi connectivity index (χ0) is 27.9. The summed E-state index contributed by atoms with van der Waals surface area (Å²) in [4.78, 5) is 50.7. The number of nitrogens with one attached hydrogen (secondary N) is 2. The Labute approximate surface area is 226 Å². The number of methoxy groups -OCH3 is 3. The lowest BCUT2D eigenvalue weighted by Crippen LogP contribution is -2.49. The number of esters is 1. The number of benzene rings is 2. The minimum absolute atomic E-state index is 0.0136. The molecule has 0 saturated carbocycles. The number of hydrogen-bond acceptors (Lipinski definition) is 8. The van der Waals surface area contributed by atoms with Gasteiger partial charge in [-0.15, -0.1) is 0 Å². The summed E-state index contributed by atoms with van der Waals surface area (Å²) in [5, 5.41) is 5.11. The quantitative estimate of drug-likeness (QED) is 0.467. The van der Waals surface area contributed by atoms with Crippen LogP contribution in [-0.4, -0.2) is 57.7 Å². The van der Waals surface area contributed by atoms with E-state index in [-0.39, 0.29) is 30.2 Å². The van der Waals surface area contributed by atoms with Gasteiger partial charge in [0.25, 0.3) is 5.91 Å². The highest BCUT2D eigenvalue weighted by molar-refractivity contribution is 6.07. The molecule has 0 spiro atoms. The number of ether oxygens (including phenoxy) is 4. The largest absolute Gasteiger partial charge is 0.492 e. The van der Waals surface area contributed by atoms with Crippen LogP contribution in [0.2, 0.25) is 0 Å². The van der Waals surface area contributed by atoms with Gasteiger partial charge in [0.15, 0.2) is 17.3 Å². The lowest BCUT2D eigenvalue weighted by atomic mass is 9.93. The summed E-state index contributed by atoms with van der Waals surface area (Å²) in [5.74, 6) is -0.546. The van der Waals surface area contributed by atoms with Crippen molar-refractivity contribution in [3.05, 3.63) is 64.2 Å². The maximum atomic E-state index is 13.3. The monoisotopic (exact) mass is 536 g/mol. The predicted molar refractivity (Wildman–Crippen MR) is 142 cm³/mol. The Balaban J connectivity index is 1.52. The third kappa shape index (κ3) is 6.05.